The number of thiophene rings is 1. The zero-order chi connectivity index (χ0) is 14.5. The van der Waals surface area contributed by atoms with Gasteiger partial charge in [-0.1, -0.05) is 5.16 Å². The van der Waals surface area contributed by atoms with E-state index in [2.05, 4.69) is 21.1 Å². The third kappa shape index (κ3) is 3.52. The summed E-state index contributed by atoms with van der Waals surface area (Å²) < 4.78 is 12.1. The van der Waals surface area contributed by atoms with Crippen LogP contribution in [0.1, 0.15) is 17.4 Å². The number of hydrogen-bond donors (Lipinski definition) is 1. The van der Waals surface area contributed by atoms with E-state index in [0.717, 1.165) is 14.2 Å². The number of benzene rings is 1. The Hall–Kier alpha value is -1.53. The van der Waals surface area contributed by atoms with Crippen molar-refractivity contribution in [2.45, 2.75) is 13.5 Å². The van der Waals surface area contributed by atoms with Crippen molar-refractivity contribution in [1.29, 1.82) is 0 Å². The van der Waals surface area contributed by atoms with Crippen LogP contribution in [0.5, 0.6) is 11.5 Å². The van der Waals surface area contributed by atoms with Crippen LogP contribution in [0.3, 0.4) is 0 Å². The Morgan fingerprint density at radius 1 is 1.35 bits per heavy atom. The van der Waals surface area contributed by atoms with Gasteiger partial charge in [0.15, 0.2) is 0 Å². The molecule has 0 saturated carbocycles. The predicted octanol–water partition coefficient (Wildman–Crippen LogP) is 4.30. The molecule has 2 rings (SSSR count). The molecule has 0 aliphatic carbocycles. The van der Waals surface area contributed by atoms with Gasteiger partial charge in [-0.05, 0) is 47.1 Å². The molecule has 1 aromatic heterocycles. The zero-order valence-corrected chi connectivity index (χ0v) is 13.5. The van der Waals surface area contributed by atoms with Crippen molar-refractivity contribution in [3.05, 3.63) is 44.6 Å². The highest BCUT2D eigenvalue weighted by atomic mass is 79.9. The van der Waals surface area contributed by atoms with Gasteiger partial charge in [-0.25, -0.2) is 0 Å². The molecular weight excluding hydrogens is 342 g/mol. The highest BCUT2D eigenvalue weighted by Gasteiger charge is 2.10. The molecule has 106 valence electrons. The molecule has 0 saturated heterocycles. The minimum absolute atomic E-state index is 0.454. The summed E-state index contributed by atoms with van der Waals surface area (Å²) in [5.74, 6) is 1.33. The summed E-state index contributed by atoms with van der Waals surface area (Å²) in [6.07, 6.45) is 0. The molecule has 0 fully saturated rings. The van der Waals surface area contributed by atoms with Gasteiger partial charge >= 0.3 is 0 Å². The van der Waals surface area contributed by atoms with Crippen molar-refractivity contribution in [3.63, 3.8) is 0 Å². The lowest BCUT2D eigenvalue weighted by Crippen LogP contribution is -2.02. The van der Waals surface area contributed by atoms with Crippen LogP contribution in [0.25, 0.3) is 0 Å². The minimum atomic E-state index is 0.454. The fourth-order valence-electron chi connectivity index (χ4n) is 1.68. The van der Waals surface area contributed by atoms with Crippen LogP contribution in [-0.2, 0) is 6.61 Å². The number of rotatable bonds is 5. The molecule has 1 N–H and O–H groups in total. The summed E-state index contributed by atoms with van der Waals surface area (Å²) in [6, 6.07) is 9.39. The van der Waals surface area contributed by atoms with Crippen LogP contribution in [0, 0.1) is 0 Å². The number of hydrogen-bond acceptors (Lipinski definition) is 5. The van der Waals surface area contributed by atoms with Crippen molar-refractivity contribution >= 4 is 33.0 Å². The van der Waals surface area contributed by atoms with Gasteiger partial charge in [-0.15, -0.1) is 11.3 Å². The van der Waals surface area contributed by atoms with E-state index in [-0.39, 0.29) is 0 Å². The number of halogens is 1. The maximum atomic E-state index is 8.92. The standard InChI is InChI=1S/C14H14BrNO3S/c1-9(16-17)12-5-3-10(18-2)7-13(12)19-8-11-4-6-14(15)20-11/h3-7,17H,8H2,1-2H3/b16-9+. The Morgan fingerprint density at radius 2 is 2.15 bits per heavy atom. The van der Waals surface area contributed by atoms with Gasteiger partial charge in [0, 0.05) is 16.5 Å². The molecule has 0 aliphatic rings. The van der Waals surface area contributed by atoms with Crippen molar-refractivity contribution in [2.75, 3.05) is 7.11 Å². The molecule has 1 aromatic carbocycles. The minimum Gasteiger partial charge on any atom is -0.497 e. The average Bonchev–Trinajstić information content (AvgIpc) is 2.89. The predicted molar refractivity (Wildman–Crippen MR) is 83.3 cm³/mol. The van der Waals surface area contributed by atoms with Gasteiger partial charge < -0.3 is 14.7 Å². The number of methoxy groups -OCH3 is 1. The van der Waals surface area contributed by atoms with E-state index in [9.17, 15) is 0 Å². The maximum absolute atomic E-state index is 8.92. The van der Waals surface area contributed by atoms with E-state index in [1.807, 2.05) is 18.2 Å². The van der Waals surface area contributed by atoms with Gasteiger partial charge in [0.25, 0.3) is 0 Å². The zero-order valence-electron chi connectivity index (χ0n) is 11.1. The summed E-state index contributed by atoms with van der Waals surface area (Å²) in [4.78, 5) is 1.10. The van der Waals surface area contributed by atoms with Crippen molar-refractivity contribution in [3.8, 4) is 11.5 Å². The molecule has 0 aliphatic heterocycles. The topological polar surface area (TPSA) is 51.0 Å². The summed E-state index contributed by atoms with van der Waals surface area (Å²) in [5, 5.41) is 12.1. The van der Waals surface area contributed by atoms with E-state index in [1.165, 1.54) is 0 Å². The molecule has 20 heavy (non-hydrogen) atoms. The van der Waals surface area contributed by atoms with E-state index in [1.54, 1.807) is 37.5 Å². The highest BCUT2D eigenvalue weighted by Crippen LogP contribution is 2.28. The van der Waals surface area contributed by atoms with Crippen LogP contribution >= 0.6 is 27.3 Å². The quantitative estimate of drug-likeness (QED) is 0.494. The molecule has 0 atom stereocenters. The molecule has 0 spiro atoms. The monoisotopic (exact) mass is 355 g/mol. The van der Waals surface area contributed by atoms with E-state index in [0.29, 0.717) is 23.8 Å². The van der Waals surface area contributed by atoms with Gasteiger partial charge in [0.2, 0.25) is 0 Å². The Balaban J connectivity index is 2.23. The summed E-state index contributed by atoms with van der Waals surface area (Å²) >= 11 is 5.04. The fourth-order valence-corrected chi connectivity index (χ4v) is 3.08. The van der Waals surface area contributed by atoms with Crippen LogP contribution in [0.4, 0.5) is 0 Å². The lowest BCUT2D eigenvalue weighted by Gasteiger charge is -2.11. The third-order valence-electron chi connectivity index (χ3n) is 2.73. The smallest absolute Gasteiger partial charge is 0.132 e. The molecule has 0 amide bonds. The lowest BCUT2D eigenvalue weighted by molar-refractivity contribution is 0.304. The molecule has 0 unspecified atom stereocenters. The van der Waals surface area contributed by atoms with Gasteiger partial charge in [0.1, 0.15) is 18.1 Å². The molecular formula is C14H14BrNO3S. The van der Waals surface area contributed by atoms with Crippen LogP contribution in [0.2, 0.25) is 0 Å². The largest absolute Gasteiger partial charge is 0.497 e. The van der Waals surface area contributed by atoms with Gasteiger partial charge in [-0.3, -0.25) is 0 Å². The second-order valence-electron chi connectivity index (χ2n) is 4.04. The molecule has 4 nitrogen and oxygen atoms in total. The third-order valence-corrected chi connectivity index (χ3v) is 4.32. The Bertz CT molecular complexity index is 625. The normalized spacial score (nSPS) is 11.4. The number of nitrogens with zero attached hydrogens (tertiary/aromatic N) is 1. The fraction of sp³-hybridized carbons (Fsp3) is 0.214. The van der Waals surface area contributed by atoms with Crippen molar-refractivity contribution in [1.82, 2.24) is 0 Å². The number of oxime groups is 1. The van der Waals surface area contributed by atoms with Crippen molar-refractivity contribution < 1.29 is 14.7 Å². The van der Waals surface area contributed by atoms with Crippen LogP contribution in [-0.4, -0.2) is 18.0 Å². The summed E-state index contributed by atoms with van der Waals surface area (Å²) in [5.41, 5.74) is 1.24. The Labute approximate surface area is 129 Å². The molecule has 0 bridgehead atoms. The summed E-state index contributed by atoms with van der Waals surface area (Å²) in [6.45, 7) is 2.17. The first-order valence-electron chi connectivity index (χ1n) is 5.88. The highest BCUT2D eigenvalue weighted by molar-refractivity contribution is 9.11. The molecule has 2 aromatic rings. The van der Waals surface area contributed by atoms with E-state index in [4.69, 9.17) is 14.7 Å². The van der Waals surface area contributed by atoms with Crippen LogP contribution in [0.15, 0.2) is 39.3 Å². The van der Waals surface area contributed by atoms with Crippen LogP contribution < -0.4 is 9.47 Å². The molecule has 1 heterocycles. The van der Waals surface area contributed by atoms with Gasteiger partial charge in [0.05, 0.1) is 16.6 Å². The molecule has 0 radical (unpaired) electrons. The SMILES string of the molecule is COc1ccc(/C(C)=N/O)c(OCc2ccc(Br)s2)c1. The first-order valence-corrected chi connectivity index (χ1v) is 7.49. The molecule has 6 heteroatoms. The van der Waals surface area contributed by atoms with Gasteiger partial charge in [-0.2, -0.15) is 0 Å². The summed E-state index contributed by atoms with van der Waals surface area (Å²) in [7, 11) is 1.60. The average molecular weight is 356 g/mol. The second-order valence-corrected chi connectivity index (χ2v) is 6.59. The van der Waals surface area contributed by atoms with E-state index >= 15 is 0 Å². The maximum Gasteiger partial charge on any atom is 0.132 e. The second kappa shape index (κ2) is 6.76. The first-order chi connectivity index (χ1) is 9.63. The Morgan fingerprint density at radius 3 is 2.75 bits per heavy atom. The first kappa shape index (κ1) is 14.9. The van der Waals surface area contributed by atoms with E-state index < -0.39 is 0 Å². The van der Waals surface area contributed by atoms with Crippen molar-refractivity contribution in [2.24, 2.45) is 5.16 Å². The Kier molecular flexibility index (Phi) is 5.03. The lowest BCUT2D eigenvalue weighted by atomic mass is 10.1. The number of ether oxygens (including phenoxy) is 2.